The average Bonchev–Trinajstić information content (AvgIpc) is 3.68. The molecule has 0 radical (unpaired) electrons. The molecule has 1 spiro atoms. The van der Waals surface area contributed by atoms with Gasteiger partial charge in [-0.3, -0.25) is 4.98 Å². The van der Waals surface area contributed by atoms with Crippen LogP contribution in [0.4, 0.5) is 5.69 Å². The number of nitrogens with zero attached hydrogens (tertiary/aromatic N) is 1. The number of aromatic nitrogens is 1. The van der Waals surface area contributed by atoms with Gasteiger partial charge in [-0.2, -0.15) is 0 Å². The van der Waals surface area contributed by atoms with Crippen molar-refractivity contribution in [2.45, 2.75) is 149 Å². The quantitative estimate of drug-likeness (QED) is 0.175. The molecule has 4 aromatic carbocycles. The first kappa shape index (κ1) is 39.5. The third-order valence-corrected chi connectivity index (χ3v) is 14.9. The van der Waals surface area contributed by atoms with Crippen LogP contribution >= 0.6 is 7.92 Å². The predicted octanol–water partition coefficient (Wildman–Crippen LogP) is 12.1. The molecule has 5 aromatic rings. The number of nitrogens with one attached hydrogen (secondary N) is 1. The number of aryl methyl sites for hydroxylation is 3. The van der Waals surface area contributed by atoms with Gasteiger partial charge in [0.25, 0.3) is 0 Å². The van der Waals surface area contributed by atoms with E-state index in [-0.39, 0.29) is 27.1 Å². The van der Waals surface area contributed by atoms with Gasteiger partial charge in [0.1, 0.15) is 0 Å². The zero-order chi connectivity index (χ0) is 39.7. The molecule has 0 saturated heterocycles. The van der Waals surface area contributed by atoms with Gasteiger partial charge >= 0.3 is 0 Å². The van der Waals surface area contributed by atoms with Crippen molar-refractivity contribution < 1.29 is 0 Å². The van der Waals surface area contributed by atoms with Crippen LogP contribution in [0.25, 0.3) is 0 Å². The zero-order valence-electron chi connectivity index (χ0n) is 36.1. The molecule has 288 valence electrons. The van der Waals surface area contributed by atoms with Crippen molar-refractivity contribution in [3.05, 3.63) is 147 Å². The lowest BCUT2D eigenvalue weighted by atomic mass is 9.76. The highest BCUT2D eigenvalue weighted by molar-refractivity contribution is 7.80. The van der Waals surface area contributed by atoms with E-state index in [2.05, 4.69) is 174 Å². The van der Waals surface area contributed by atoms with E-state index in [1.165, 1.54) is 55.2 Å². The minimum Gasteiger partial charge on any atom is -0.379 e. The van der Waals surface area contributed by atoms with E-state index in [1.807, 2.05) is 12.3 Å². The Bertz CT molecular complexity index is 2090. The van der Waals surface area contributed by atoms with E-state index < -0.39 is 7.92 Å². The van der Waals surface area contributed by atoms with Gasteiger partial charge in [-0.25, -0.2) is 0 Å². The molecule has 1 heterocycles. The number of pyridine rings is 1. The highest BCUT2D eigenvalue weighted by Crippen LogP contribution is 2.56. The number of hydrogen-bond acceptors (Lipinski definition) is 2. The van der Waals surface area contributed by atoms with Gasteiger partial charge in [-0.05, 0) is 140 Å². The highest BCUT2D eigenvalue weighted by Gasteiger charge is 2.48. The topological polar surface area (TPSA) is 24.9 Å². The maximum atomic E-state index is 4.75. The Morgan fingerprint density at radius 3 is 1.53 bits per heavy atom. The van der Waals surface area contributed by atoms with Crippen LogP contribution in [0, 0.1) is 6.92 Å². The Balaban J connectivity index is 1.51. The van der Waals surface area contributed by atoms with E-state index in [1.54, 1.807) is 16.4 Å². The molecule has 0 aliphatic heterocycles. The van der Waals surface area contributed by atoms with E-state index in [0.29, 0.717) is 0 Å². The van der Waals surface area contributed by atoms with Crippen molar-refractivity contribution in [2.75, 3.05) is 5.32 Å². The van der Waals surface area contributed by atoms with Crippen LogP contribution in [0.3, 0.4) is 0 Å². The number of anilines is 1. The first-order valence-corrected chi connectivity index (χ1v) is 22.0. The molecular formula is C52H65N2P. The van der Waals surface area contributed by atoms with Crippen molar-refractivity contribution in [3.8, 4) is 0 Å². The summed E-state index contributed by atoms with van der Waals surface area (Å²) in [6.07, 6.45) is 6.45. The van der Waals surface area contributed by atoms with Crippen molar-refractivity contribution in [1.29, 1.82) is 0 Å². The monoisotopic (exact) mass is 748 g/mol. The summed E-state index contributed by atoms with van der Waals surface area (Å²) >= 11 is 0. The second-order valence-corrected chi connectivity index (χ2v) is 22.9. The molecule has 55 heavy (non-hydrogen) atoms. The van der Waals surface area contributed by atoms with Gasteiger partial charge in [0.2, 0.25) is 0 Å². The van der Waals surface area contributed by atoms with Gasteiger partial charge in [-0.15, -0.1) is 0 Å². The summed E-state index contributed by atoms with van der Waals surface area (Å²) in [7, 11) is -0.922. The second-order valence-electron chi connectivity index (χ2n) is 20.7. The lowest BCUT2D eigenvalue weighted by molar-refractivity contribution is 0.510. The summed E-state index contributed by atoms with van der Waals surface area (Å²) in [5.41, 5.74) is 15.6. The Labute approximate surface area is 334 Å². The van der Waals surface area contributed by atoms with Crippen LogP contribution in [0.5, 0.6) is 0 Å². The molecule has 1 atom stereocenters. The summed E-state index contributed by atoms with van der Waals surface area (Å²) in [6.45, 7) is 31.4. The maximum absolute atomic E-state index is 4.75. The number of fused-ring (bicyclic) bond motifs is 4. The van der Waals surface area contributed by atoms with Crippen LogP contribution in [-0.4, -0.2) is 4.98 Å². The molecule has 2 nitrogen and oxygen atoms in total. The van der Waals surface area contributed by atoms with Crippen molar-refractivity contribution in [1.82, 2.24) is 4.98 Å². The normalized spacial score (nSPS) is 17.2. The number of rotatable bonds is 6. The molecule has 7 rings (SSSR count). The first-order chi connectivity index (χ1) is 25.7. The molecule has 0 saturated carbocycles. The van der Waals surface area contributed by atoms with Crippen LogP contribution in [-0.2, 0) is 46.5 Å². The second kappa shape index (κ2) is 14.0. The van der Waals surface area contributed by atoms with E-state index >= 15 is 0 Å². The van der Waals surface area contributed by atoms with Crippen LogP contribution in [0.15, 0.2) is 91.1 Å². The maximum Gasteiger partial charge on any atom is 0.0623 e. The SMILES string of the molecule is Cc1cccnc1CNc1cccc2c1[C@@]1(CC2)CCc2cccc(P(c3cc(C(C)(C)C)cc(C(C)(C)C)c3)c3cc(C(C)(C)C)cc(C(C)(C)C)c3)c21. The Kier molecular flexibility index (Phi) is 10.1. The summed E-state index contributed by atoms with van der Waals surface area (Å²) in [5, 5.41) is 8.43. The van der Waals surface area contributed by atoms with E-state index in [9.17, 15) is 0 Å². The fraction of sp³-hybridized carbons (Fsp3) is 0.442. The molecule has 0 amide bonds. The lowest BCUT2D eigenvalue weighted by Gasteiger charge is -2.35. The highest BCUT2D eigenvalue weighted by atomic mass is 31.1. The first-order valence-electron chi connectivity index (χ1n) is 20.7. The Hall–Kier alpha value is -3.74. The molecule has 1 aromatic heterocycles. The lowest BCUT2D eigenvalue weighted by Crippen LogP contribution is -2.33. The third-order valence-electron chi connectivity index (χ3n) is 12.5. The van der Waals surface area contributed by atoms with Crippen molar-refractivity contribution in [3.63, 3.8) is 0 Å². The van der Waals surface area contributed by atoms with Crippen molar-refractivity contribution >= 4 is 29.5 Å². The van der Waals surface area contributed by atoms with Crippen LogP contribution < -0.4 is 21.2 Å². The predicted molar refractivity (Wildman–Crippen MR) is 240 cm³/mol. The molecule has 2 aliphatic carbocycles. The van der Waals surface area contributed by atoms with Crippen molar-refractivity contribution in [2.24, 2.45) is 0 Å². The molecule has 0 bridgehead atoms. The Morgan fingerprint density at radius 1 is 0.582 bits per heavy atom. The smallest absolute Gasteiger partial charge is 0.0623 e. The summed E-state index contributed by atoms with van der Waals surface area (Å²) in [6, 6.07) is 33.9. The molecule has 3 heteroatoms. The fourth-order valence-electron chi connectivity index (χ4n) is 9.02. The largest absolute Gasteiger partial charge is 0.379 e. The van der Waals surface area contributed by atoms with Gasteiger partial charge in [0.15, 0.2) is 0 Å². The zero-order valence-corrected chi connectivity index (χ0v) is 37.0. The Morgan fingerprint density at radius 2 is 1.05 bits per heavy atom. The average molecular weight is 749 g/mol. The number of hydrogen-bond donors (Lipinski definition) is 1. The summed E-state index contributed by atoms with van der Waals surface area (Å²) in [5.74, 6) is 0. The van der Waals surface area contributed by atoms with Gasteiger partial charge < -0.3 is 5.32 Å². The van der Waals surface area contributed by atoms with Gasteiger partial charge in [-0.1, -0.05) is 156 Å². The minimum atomic E-state index is -0.922. The van der Waals surface area contributed by atoms with Crippen LogP contribution in [0.1, 0.15) is 152 Å². The minimum absolute atomic E-state index is 0.0254. The van der Waals surface area contributed by atoms with Gasteiger partial charge in [0.05, 0.1) is 12.2 Å². The summed E-state index contributed by atoms with van der Waals surface area (Å²) in [4.78, 5) is 4.75. The summed E-state index contributed by atoms with van der Waals surface area (Å²) < 4.78 is 0. The molecule has 2 aliphatic rings. The standard InChI is InChI=1S/C52H65N2P/c1-34-17-16-26-53-44(34)33-54-43-20-14-18-35-22-24-52(46(35)43)25-23-36-19-15-21-45(47(36)52)55(41-29-37(48(2,3)4)27-38(30-41)49(5,6)7)42-31-39(50(8,9)10)28-40(32-42)51(11,12)13/h14-21,26-32,54H,22-25,33H2,1-13H3/t52-/m1/s1. The molecular weight excluding hydrogens is 684 g/mol. The van der Waals surface area contributed by atoms with Gasteiger partial charge in [0, 0.05) is 17.3 Å². The third kappa shape index (κ3) is 7.58. The molecule has 0 unspecified atom stereocenters. The van der Waals surface area contributed by atoms with E-state index in [4.69, 9.17) is 4.98 Å². The number of benzene rings is 4. The van der Waals surface area contributed by atoms with E-state index in [0.717, 1.165) is 37.9 Å². The molecule has 0 fully saturated rings. The molecule has 1 N–H and O–H groups in total. The fourth-order valence-corrected chi connectivity index (χ4v) is 11.8. The van der Waals surface area contributed by atoms with Crippen LogP contribution in [0.2, 0.25) is 0 Å².